The number of carbonyl (C=O) groups excluding carboxylic acids is 2. The minimum absolute atomic E-state index is 0.0585. The molecule has 0 unspecified atom stereocenters. The number of ether oxygens (including phenoxy) is 1. The maximum Gasteiger partial charge on any atom is 0.412 e. The van der Waals surface area contributed by atoms with Crippen molar-refractivity contribution in [2.24, 2.45) is 0 Å². The van der Waals surface area contributed by atoms with Gasteiger partial charge < -0.3 is 10.1 Å². The Labute approximate surface area is 178 Å². The first-order valence-electron chi connectivity index (χ1n) is 9.86. The van der Waals surface area contributed by atoms with Crippen LogP contribution in [0, 0.1) is 5.82 Å². The zero-order valence-electron chi connectivity index (χ0n) is 17.9. The molecule has 3 rings (SSSR count). The molecule has 0 bridgehead atoms. The average molecular weight is 428 g/mol. The van der Waals surface area contributed by atoms with Crippen LogP contribution in [-0.2, 0) is 22.6 Å². The van der Waals surface area contributed by atoms with E-state index >= 15 is 0 Å². The van der Waals surface area contributed by atoms with E-state index in [1.165, 1.54) is 10.6 Å². The van der Waals surface area contributed by atoms with Gasteiger partial charge in [0, 0.05) is 6.54 Å². The molecule has 0 atom stereocenters. The van der Waals surface area contributed by atoms with Gasteiger partial charge in [-0.15, -0.1) is 0 Å². The zero-order chi connectivity index (χ0) is 22.8. The monoisotopic (exact) mass is 428 g/mol. The maximum atomic E-state index is 13.8. The Morgan fingerprint density at radius 3 is 2.26 bits per heavy atom. The number of hydrogen-bond donors (Lipinski definition) is 2. The Balaban J connectivity index is 1.84. The number of nitrogens with zero attached hydrogens (tertiary/aromatic N) is 2. The third-order valence-corrected chi connectivity index (χ3v) is 4.43. The van der Waals surface area contributed by atoms with Crippen molar-refractivity contribution in [3.8, 4) is 0 Å². The maximum absolute atomic E-state index is 13.8. The van der Waals surface area contributed by atoms with Gasteiger partial charge >= 0.3 is 11.8 Å². The van der Waals surface area contributed by atoms with Crippen LogP contribution < -0.4 is 16.3 Å². The molecule has 2 aromatic carbocycles. The lowest BCUT2D eigenvalue weighted by Crippen LogP contribution is -2.30. The fourth-order valence-electron chi connectivity index (χ4n) is 3.21. The summed E-state index contributed by atoms with van der Waals surface area (Å²) in [4.78, 5) is 37.5. The Morgan fingerprint density at radius 1 is 1.00 bits per heavy atom. The van der Waals surface area contributed by atoms with Crippen LogP contribution in [0.2, 0.25) is 0 Å². The summed E-state index contributed by atoms with van der Waals surface area (Å²) < 4.78 is 21.9. The van der Waals surface area contributed by atoms with E-state index in [0.717, 1.165) is 17.6 Å². The average Bonchev–Trinajstić information content (AvgIpc) is 2.93. The highest BCUT2D eigenvalue weighted by Gasteiger charge is 2.19. The summed E-state index contributed by atoms with van der Waals surface area (Å²) in [6.45, 7) is 7.18. The van der Waals surface area contributed by atoms with Gasteiger partial charge in [0.2, 0.25) is 5.91 Å². The molecule has 2 N–H and O–H groups in total. The number of imidazole rings is 1. The number of carbonyl (C=O) groups is 2. The number of amides is 2. The number of aryl methyl sites for hydroxylation is 1. The minimum atomic E-state index is -0.739. The van der Waals surface area contributed by atoms with Gasteiger partial charge in [0.1, 0.15) is 18.0 Å². The molecule has 1 heterocycles. The summed E-state index contributed by atoms with van der Waals surface area (Å²) in [6.07, 6.45) is -0.739. The van der Waals surface area contributed by atoms with E-state index in [1.807, 2.05) is 19.1 Å². The van der Waals surface area contributed by atoms with Crippen LogP contribution in [-0.4, -0.2) is 26.7 Å². The van der Waals surface area contributed by atoms with E-state index in [0.29, 0.717) is 12.1 Å². The van der Waals surface area contributed by atoms with Crippen molar-refractivity contribution in [1.82, 2.24) is 9.13 Å². The Kier molecular flexibility index (Phi) is 6.14. The van der Waals surface area contributed by atoms with Gasteiger partial charge in [-0.05, 0) is 58.0 Å². The van der Waals surface area contributed by atoms with E-state index in [2.05, 4.69) is 10.6 Å². The van der Waals surface area contributed by atoms with Crippen molar-refractivity contribution in [2.75, 3.05) is 10.6 Å². The van der Waals surface area contributed by atoms with Crippen LogP contribution in [0.5, 0.6) is 0 Å². The summed E-state index contributed by atoms with van der Waals surface area (Å²) in [5.41, 5.74) is 0.541. The molecule has 0 saturated carbocycles. The number of halogens is 1. The summed E-state index contributed by atoms with van der Waals surface area (Å²) in [5.74, 6) is -1.14. The molecule has 0 spiro atoms. The lowest BCUT2D eigenvalue weighted by Gasteiger charge is -2.20. The predicted octanol–water partition coefficient (Wildman–Crippen LogP) is 3.95. The molecule has 2 amide bonds. The fraction of sp³-hybridized carbons (Fsp3) is 0.318. The molecule has 0 aliphatic carbocycles. The van der Waals surface area contributed by atoms with Gasteiger partial charge in [-0.3, -0.25) is 19.2 Å². The molecule has 31 heavy (non-hydrogen) atoms. The molecular formula is C22H25FN4O4. The molecule has 164 valence electrons. The second-order valence-electron chi connectivity index (χ2n) is 7.97. The number of nitrogens with one attached hydrogen (secondary N) is 2. The number of hydrogen-bond acceptors (Lipinski definition) is 4. The smallest absolute Gasteiger partial charge is 0.412 e. The summed E-state index contributed by atoms with van der Waals surface area (Å²) in [7, 11) is 0. The topological polar surface area (TPSA) is 94.4 Å². The summed E-state index contributed by atoms with van der Waals surface area (Å²) >= 11 is 0. The number of fused-ring (bicyclic) bond motifs is 1. The number of anilines is 2. The third kappa shape index (κ3) is 5.11. The molecule has 8 nitrogen and oxygen atoms in total. The van der Waals surface area contributed by atoms with Crippen LogP contribution in [0.1, 0.15) is 27.7 Å². The van der Waals surface area contributed by atoms with Gasteiger partial charge in [0.25, 0.3) is 0 Å². The van der Waals surface area contributed by atoms with Crippen molar-refractivity contribution in [2.45, 2.75) is 46.4 Å². The van der Waals surface area contributed by atoms with Crippen molar-refractivity contribution in [3.05, 3.63) is 58.8 Å². The van der Waals surface area contributed by atoms with Crippen molar-refractivity contribution >= 4 is 34.4 Å². The van der Waals surface area contributed by atoms with E-state index in [1.54, 1.807) is 37.5 Å². The second-order valence-corrected chi connectivity index (χ2v) is 7.97. The predicted molar refractivity (Wildman–Crippen MR) is 117 cm³/mol. The highest BCUT2D eigenvalue weighted by Crippen LogP contribution is 2.24. The van der Waals surface area contributed by atoms with Crippen molar-refractivity contribution in [1.29, 1.82) is 0 Å². The van der Waals surface area contributed by atoms with Gasteiger partial charge in [-0.25, -0.2) is 14.0 Å². The number of para-hydroxylation sites is 2. The number of benzene rings is 2. The first-order chi connectivity index (χ1) is 14.6. The molecule has 0 fully saturated rings. The van der Waals surface area contributed by atoms with Crippen LogP contribution in [0.25, 0.3) is 11.0 Å². The van der Waals surface area contributed by atoms with Crippen LogP contribution >= 0.6 is 0 Å². The van der Waals surface area contributed by atoms with Crippen molar-refractivity contribution in [3.63, 3.8) is 0 Å². The van der Waals surface area contributed by atoms with Crippen LogP contribution in [0.3, 0.4) is 0 Å². The van der Waals surface area contributed by atoms with Gasteiger partial charge in [0.15, 0.2) is 0 Å². The van der Waals surface area contributed by atoms with Gasteiger partial charge in [0.05, 0.1) is 22.4 Å². The second kappa shape index (κ2) is 8.63. The van der Waals surface area contributed by atoms with Crippen LogP contribution in [0.15, 0.2) is 47.3 Å². The molecular weight excluding hydrogens is 403 g/mol. The minimum Gasteiger partial charge on any atom is -0.444 e. The molecule has 9 heteroatoms. The highest BCUT2D eigenvalue weighted by molar-refractivity contribution is 5.98. The molecule has 0 aliphatic heterocycles. The number of rotatable bonds is 5. The zero-order valence-corrected chi connectivity index (χ0v) is 17.9. The van der Waals surface area contributed by atoms with Gasteiger partial charge in [-0.2, -0.15) is 0 Å². The Morgan fingerprint density at radius 2 is 1.65 bits per heavy atom. The quantitative estimate of drug-likeness (QED) is 0.643. The molecule has 1 aromatic heterocycles. The third-order valence-electron chi connectivity index (χ3n) is 4.43. The molecule has 3 aromatic rings. The fourth-order valence-corrected chi connectivity index (χ4v) is 3.21. The lowest BCUT2D eigenvalue weighted by atomic mass is 10.2. The Bertz CT molecular complexity index is 1190. The van der Waals surface area contributed by atoms with Crippen molar-refractivity contribution < 1.29 is 18.7 Å². The SMILES string of the molecule is CCn1c(=O)n(CC(=O)Nc2cc(F)ccc2NC(=O)OC(C)(C)C)c2ccccc21. The number of aromatic nitrogens is 2. The van der Waals surface area contributed by atoms with Crippen LogP contribution in [0.4, 0.5) is 20.6 Å². The lowest BCUT2D eigenvalue weighted by molar-refractivity contribution is -0.116. The molecule has 0 saturated heterocycles. The standard InChI is InChI=1S/C22H25FN4O4/c1-5-26-17-8-6-7-9-18(17)27(21(26)30)13-19(28)24-16-12-14(23)10-11-15(16)25-20(29)31-22(2,3)4/h6-12H,5,13H2,1-4H3,(H,24,28)(H,25,29). The largest absolute Gasteiger partial charge is 0.444 e. The van der Waals surface area contributed by atoms with E-state index in [-0.39, 0.29) is 23.6 Å². The first kappa shape index (κ1) is 22.1. The summed E-state index contributed by atoms with van der Waals surface area (Å²) in [5, 5.41) is 5.07. The van der Waals surface area contributed by atoms with E-state index < -0.39 is 23.4 Å². The molecule has 0 radical (unpaired) electrons. The first-order valence-corrected chi connectivity index (χ1v) is 9.86. The van der Waals surface area contributed by atoms with E-state index in [4.69, 9.17) is 4.74 Å². The van der Waals surface area contributed by atoms with Gasteiger partial charge in [-0.1, -0.05) is 12.1 Å². The molecule has 0 aliphatic rings. The normalized spacial score (nSPS) is 11.4. The summed E-state index contributed by atoms with van der Waals surface area (Å²) in [6, 6.07) is 10.7. The Hall–Kier alpha value is -3.62. The highest BCUT2D eigenvalue weighted by atomic mass is 19.1. The van der Waals surface area contributed by atoms with E-state index in [9.17, 15) is 18.8 Å².